The first-order valence-corrected chi connectivity index (χ1v) is 8.50. The largest absolute Gasteiger partial charge is 0.451 e. The van der Waals surface area contributed by atoms with Crippen LogP contribution in [0.4, 0.5) is 11.4 Å². The first kappa shape index (κ1) is 18.4. The molecule has 1 atom stereocenters. The molecule has 1 aromatic heterocycles. The number of carbonyl (C=O) groups excluding carboxylic acids is 2. The van der Waals surface area contributed by atoms with Crippen molar-refractivity contribution in [1.82, 2.24) is 15.0 Å². The van der Waals surface area contributed by atoms with Gasteiger partial charge < -0.3 is 15.0 Å². The molecule has 2 aromatic carbocycles. The molecule has 0 radical (unpaired) electrons. The van der Waals surface area contributed by atoms with Crippen LogP contribution in [0.3, 0.4) is 0 Å². The lowest BCUT2D eigenvalue weighted by atomic mass is 10.2. The Kier molecular flexibility index (Phi) is 5.35. The number of nitrogens with one attached hydrogen (secondary N) is 1. The van der Waals surface area contributed by atoms with Gasteiger partial charge in [0.15, 0.2) is 6.10 Å². The topological polar surface area (TPSA) is 89.4 Å². The van der Waals surface area contributed by atoms with E-state index in [1.807, 2.05) is 55.4 Å². The van der Waals surface area contributed by atoms with Crippen molar-refractivity contribution in [3.8, 4) is 0 Å². The fourth-order valence-corrected chi connectivity index (χ4v) is 2.53. The highest BCUT2D eigenvalue weighted by molar-refractivity contribution is 5.95. The van der Waals surface area contributed by atoms with E-state index in [-0.39, 0.29) is 6.54 Å². The lowest BCUT2D eigenvalue weighted by Gasteiger charge is -2.15. The first-order chi connectivity index (χ1) is 12.9. The van der Waals surface area contributed by atoms with Crippen molar-refractivity contribution in [2.75, 3.05) is 24.3 Å². The van der Waals surface area contributed by atoms with E-state index in [2.05, 4.69) is 15.6 Å². The Labute approximate surface area is 156 Å². The van der Waals surface area contributed by atoms with Gasteiger partial charge in [-0.05, 0) is 43.3 Å². The number of para-hydroxylation sites is 1. The van der Waals surface area contributed by atoms with Crippen LogP contribution < -0.4 is 10.2 Å². The Balaban J connectivity index is 1.56. The third kappa shape index (κ3) is 4.41. The minimum atomic E-state index is -0.930. The molecule has 3 aromatic rings. The summed E-state index contributed by atoms with van der Waals surface area (Å²) in [6, 6.07) is 14.7. The number of benzene rings is 2. The highest BCUT2D eigenvalue weighted by atomic mass is 16.5. The highest BCUT2D eigenvalue weighted by Crippen LogP contribution is 2.16. The van der Waals surface area contributed by atoms with Crippen LogP contribution in [0.25, 0.3) is 11.0 Å². The molecule has 0 unspecified atom stereocenters. The zero-order valence-corrected chi connectivity index (χ0v) is 15.4. The quantitative estimate of drug-likeness (QED) is 0.671. The summed E-state index contributed by atoms with van der Waals surface area (Å²) in [5.41, 5.74) is 3.08. The number of hydrogen-bond donors (Lipinski definition) is 1. The average molecular weight is 367 g/mol. The van der Waals surface area contributed by atoms with Crippen molar-refractivity contribution in [3.05, 3.63) is 48.5 Å². The van der Waals surface area contributed by atoms with Crippen molar-refractivity contribution in [1.29, 1.82) is 0 Å². The molecule has 0 aliphatic heterocycles. The second-order valence-electron chi connectivity index (χ2n) is 6.30. The maximum absolute atomic E-state index is 12.2. The first-order valence-electron chi connectivity index (χ1n) is 8.50. The van der Waals surface area contributed by atoms with Gasteiger partial charge in [0.25, 0.3) is 5.91 Å². The monoisotopic (exact) mass is 367 g/mol. The Morgan fingerprint density at radius 2 is 1.85 bits per heavy atom. The molecule has 1 N–H and O–H groups in total. The molecule has 1 heterocycles. The van der Waals surface area contributed by atoms with Crippen molar-refractivity contribution in [2.45, 2.75) is 19.6 Å². The summed E-state index contributed by atoms with van der Waals surface area (Å²) in [5.74, 6) is -0.958. The van der Waals surface area contributed by atoms with E-state index in [1.165, 1.54) is 11.6 Å². The molecule has 140 valence electrons. The van der Waals surface area contributed by atoms with Gasteiger partial charge in [0.05, 0.1) is 5.52 Å². The number of nitrogens with zero attached hydrogens (tertiary/aromatic N) is 4. The van der Waals surface area contributed by atoms with Gasteiger partial charge in [-0.25, -0.2) is 4.68 Å². The summed E-state index contributed by atoms with van der Waals surface area (Å²) in [6.45, 7) is 1.41. The van der Waals surface area contributed by atoms with Crippen LogP contribution in [0, 0.1) is 0 Å². The summed E-state index contributed by atoms with van der Waals surface area (Å²) in [7, 11) is 3.88. The summed E-state index contributed by atoms with van der Waals surface area (Å²) in [6.07, 6.45) is -0.930. The van der Waals surface area contributed by atoms with E-state index < -0.39 is 18.0 Å². The zero-order valence-electron chi connectivity index (χ0n) is 15.4. The fraction of sp³-hybridized carbons (Fsp3) is 0.263. The van der Waals surface area contributed by atoms with Crippen molar-refractivity contribution in [2.24, 2.45) is 0 Å². The summed E-state index contributed by atoms with van der Waals surface area (Å²) < 4.78 is 6.67. The molecule has 0 saturated heterocycles. The third-order valence-electron chi connectivity index (χ3n) is 4.03. The lowest BCUT2D eigenvalue weighted by molar-refractivity contribution is -0.153. The predicted molar refractivity (Wildman–Crippen MR) is 102 cm³/mol. The van der Waals surface area contributed by atoms with Gasteiger partial charge in [-0.1, -0.05) is 17.3 Å². The molecular weight excluding hydrogens is 346 g/mol. The van der Waals surface area contributed by atoms with Gasteiger partial charge in [0.1, 0.15) is 12.1 Å². The second-order valence-corrected chi connectivity index (χ2v) is 6.30. The SMILES string of the molecule is C[C@H](OC(=O)Cn1nnc2ccccc21)C(=O)Nc1ccc(N(C)C)cc1. The van der Waals surface area contributed by atoms with Crippen LogP contribution in [0.5, 0.6) is 0 Å². The number of anilines is 2. The maximum Gasteiger partial charge on any atom is 0.328 e. The minimum absolute atomic E-state index is 0.115. The smallest absolute Gasteiger partial charge is 0.328 e. The number of carbonyl (C=O) groups is 2. The van der Waals surface area contributed by atoms with Crippen LogP contribution in [-0.2, 0) is 20.9 Å². The van der Waals surface area contributed by atoms with E-state index >= 15 is 0 Å². The molecule has 0 aliphatic carbocycles. The molecule has 1 amide bonds. The van der Waals surface area contributed by atoms with Gasteiger partial charge >= 0.3 is 5.97 Å². The maximum atomic E-state index is 12.2. The van der Waals surface area contributed by atoms with Gasteiger partial charge in [0, 0.05) is 25.5 Å². The number of ether oxygens (including phenoxy) is 1. The highest BCUT2D eigenvalue weighted by Gasteiger charge is 2.19. The van der Waals surface area contributed by atoms with Crippen molar-refractivity contribution < 1.29 is 14.3 Å². The number of amides is 1. The number of fused-ring (bicyclic) bond motifs is 1. The van der Waals surface area contributed by atoms with Gasteiger partial charge in [0.2, 0.25) is 0 Å². The molecule has 0 spiro atoms. The zero-order chi connectivity index (χ0) is 19.4. The van der Waals surface area contributed by atoms with Gasteiger partial charge in [-0.15, -0.1) is 5.10 Å². The molecule has 27 heavy (non-hydrogen) atoms. The fourth-order valence-electron chi connectivity index (χ4n) is 2.53. The standard InChI is InChI=1S/C19H21N5O3/c1-13(19(26)20-14-8-10-15(11-9-14)23(2)3)27-18(25)12-24-17-7-5-4-6-16(17)21-22-24/h4-11,13H,12H2,1-3H3,(H,20,26)/t13-/m0/s1. The number of hydrogen-bond acceptors (Lipinski definition) is 6. The Morgan fingerprint density at radius 1 is 1.15 bits per heavy atom. The molecule has 3 rings (SSSR count). The Bertz CT molecular complexity index is 949. The molecular formula is C19H21N5O3. The predicted octanol–water partition coefficient (Wildman–Crippen LogP) is 2.07. The summed E-state index contributed by atoms with van der Waals surface area (Å²) in [5, 5.41) is 10.7. The van der Waals surface area contributed by atoms with Crippen molar-refractivity contribution in [3.63, 3.8) is 0 Å². The van der Waals surface area contributed by atoms with Crippen molar-refractivity contribution >= 4 is 34.3 Å². The summed E-state index contributed by atoms with van der Waals surface area (Å²) >= 11 is 0. The molecule has 0 saturated carbocycles. The van der Waals surface area contributed by atoms with E-state index in [0.29, 0.717) is 11.2 Å². The Hall–Kier alpha value is -3.42. The van der Waals surface area contributed by atoms with Crippen LogP contribution in [0.1, 0.15) is 6.92 Å². The van der Waals surface area contributed by atoms with Gasteiger partial charge in [-0.3, -0.25) is 9.59 Å². The normalized spacial score (nSPS) is 11.8. The lowest BCUT2D eigenvalue weighted by Crippen LogP contribution is -2.31. The van der Waals surface area contributed by atoms with Gasteiger partial charge in [-0.2, -0.15) is 0 Å². The number of rotatable bonds is 6. The van der Waals surface area contributed by atoms with E-state index in [4.69, 9.17) is 4.74 Å². The number of esters is 1. The molecule has 8 nitrogen and oxygen atoms in total. The van der Waals surface area contributed by atoms with E-state index in [9.17, 15) is 9.59 Å². The van der Waals surface area contributed by atoms with Crippen LogP contribution in [0.15, 0.2) is 48.5 Å². The molecule has 0 fully saturated rings. The number of aromatic nitrogens is 3. The molecule has 0 bridgehead atoms. The third-order valence-corrected chi connectivity index (χ3v) is 4.03. The molecule has 0 aliphatic rings. The van der Waals surface area contributed by atoms with Crippen LogP contribution in [-0.4, -0.2) is 47.1 Å². The summed E-state index contributed by atoms with van der Waals surface area (Å²) in [4.78, 5) is 26.4. The molecule has 8 heteroatoms. The average Bonchev–Trinajstić information content (AvgIpc) is 3.05. The Morgan fingerprint density at radius 3 is 2.56 bits per heavy atom. The minimum Gasteiger partial charge on any atom is -0.451 e. The van der Waals surface area contributed by atoms with E-state index in [0.717, 1.165) is 11.2 Å². The van der Waals surface area contributed by atoms with Crippen LogP contribution >= 0.6 is 0 Å². The van der Waals surface area contributed by atoms with E-state index in [1.54, 1.807) is 12.1 Å². The van der Waals surface area contributed by atoms with Crippen LogP contribution in [0.2, 0.25) is 0 Å². The second kappa shape index (κ2) is 7.86.